The van der Waals surface area contributed by atoms with Crippen molar-refractivity contribution >= 4 is 7.82 Å². The van der Waals surface area contributed by atoms with Crippen LogP contribution in [0, 0.1) is 5.41 Å². The molecule has 1 saturated heterocycles. The number of hydrogen-bond acceptors (Lipinski definition) is 7. The van der Waals surface area contributed by atoms with E-state index in [1.165, 1.54) is 19.3 Å². The summed E-state index contributed by atoms with van der Waals surface area (Å²) in [6.45, 7) is -0.671. The van der Waals surface area contributed by atoms with Gasteiger partial charge in [-0.3, -0.25) is 19.1 Å². The number of ether oxygens (including phenoxy) is 1. The topological polar surface area (TPSA) is 167 Å². The van der Waals surface area contributed by atoms with Gasteiger partial charge >= 0.3 is 13.5 Å². The van der Waals surface area contributed by atoms with Gasteiger partial charge in [0.05, 0.1) is 6.61 Å². The Morgan fingerprint density at radius 1 is 1.50 bits per heavy atom. The summed E-state index contributed by atoms with van der Waals surface area (Å²) in [6.07, 6.45) is -4.44. The summed E-state index contributed by atoms with van der Waals surface area (Å²) < 4.78 is 22.6. The zero-order valence-electron chi connectivity index (χ0n) is 11.4. The highest BCUT2D eigenvalue weighted by molar-refractivity contribution is 7.46. The Balaban J connectivity index is 2.38. The molecule has 0 unspecified atom stereocenters. The molecule has 0 amide bonds. The Morgan fingerprint density at radius 2 is 2.14 bits per heavy atom. The molecule has 124 valence electrons. The van der Waals surface area contributed by atoms with Crippen molar-refractivity contribution in [2.75, 3.05) is 6.61 Å². The van der Waals surface area contributed by atoms with Crippen LogP contribution in [0.15, 0.2) is 17.1 Å². The fourth-order valence-corrected chi connectivity index (χ4v) is 2.76. The van der Waals surface area contributed by atoms with Crippen LogP contribution in [0.2, 0.25) is 0 Å². The first-order chi connectivity index (χ1) is 10.2. The number of nitrogens with zero attached hydrogens (tertiary/aromatic N) is 2. The summed E-state index contributed by atoms with van der Waals surface area (Å²) in [5.41, 5.74) is -0.750. The third-order valence-electron chi connectivity index (χ3n) is 3.28. The van der Waals surface area contributed by atoms with Gasteiger partial charge in [-0.05, 0) is 6.07 Å². The molecule has 22 heavy (non-hydrogen) atoms. The molecule has 0 aliphatic carbocycles. The molecule has 1 aliphatic heterocycles. The Kier molecular flexibility index (Phi) is 4.68. The second kappa shape index (κ2) is 6.05. The summed E-state index contributed by atoms with van der Waals surface area (Å²) in [5.74, 6) is 0. The van der Waals surface area contributed by atoms with Gasteiger partial charge < -0.3 is 24.7 Å². The predicted octanol–water partition coefficient (Wildman–Crippen LogP) is -2.61. The maximum atomic E-state index is 12.1. The maximum Gasteiger partial charge on any atom is 0.470 e. The molecule has 0 aromatic carbocycles. The molecule has 1 aliphatic rings. The predicted molar refractivity (Wildman–Crippen MR) is 69.4 cm³/mol. The Labute approximate surface area is 123 Å². The SMILES string of the molecule is Cn1c(=N)ccn([C@@H]2O[C@H](CO)[C@@H](OP(=O)(O)O)[C@H]2O)c1=O. The maximum absolute atomic E-state index is 12.1. The van der Waals surface area contributed by atoms with Gasteiger partial charge in [-0.2, -0.15) is 0 Å². The molecule has 5 N–H and O–H groups in total. The van der Waals surface area contributed by atoms with Crippen LogP contribution in [0.4, 0.5) is 0 Å². The van der Waals surface area contributed by atoms with Crippen molar-refractivity contribution in [2.24, 2.45) is 7.05 Å². The van der Waals surface area contributed by atoms with Crippen LogP contribution < -0.4 is 11.2 Å². The molecule has 1 aromatic rings. The molecule has 1 fully saturated rings. The number of aromatic nitrogens is 2. The summed E-state index contributed by atoms with van der Waals surface area (Å²) in [6, 6.07) is 1.28. The lowest BCUT2D eigenvalue weighted by molar-refractivity contribution is -0.0553. The van der Waals surface area contributed by atoms with Crippen molar-refractivity contribution in [3.63, 3.8) is 0 Å². The number of phosphoric ester groups is 1. The fourth-order valence-electron chi connectivity index (χ4n) is 2.18. The van der Waals surface area contributed by atoms with Crippen molar-refractivity contribution in [3.05, 3.63) is 28.2 Å². The quantitative estimate of drug-likeness (QED) is 0.373. The lowest BCUT2D eigenvalue weighted by Gasteiger charge is -2.20. The number of phosphoric acid groups is 1. The minimum absolute atomic E-state index is 0.0736. The molecule has 2 rings (SSSR count). The van der Waals surface area contributed by atoms with Gasteiger partial charge in [-0.15, -0.1) is 0 Å². The van der Waals surface area contributed by atoms with Crippen LogP contribution in [0.5, 0.6) is 0 Å². The van der Waals surface area contributed by atoms with E-state index in [-0.39, 0.29) is 5.49 Å². The highest BCUT2D eigenvalue weighted by atomic mass is 31.2. The van der Waals surface area contributed by atoms with E-state index in [4.69, 9.17) is 19.9 Å². The third-order valence-corrected chi connectivity index (χ3v) is 3.80. The fraction of sp³-hybridized carbons (Fsp3) is 0.600. The van der Waals surface area contributed by atoms with E-state index < -0.39 is 44.7 Å². The number of aliphatic hydroxyl groups is 2. The highest BCUT2D eigenvalue weighted by Crippen LogP contribution is 2.43. The molecular weight excluding hydrogens is 321 g/mol. The average molecular weight is 337 g/mol. The molecule has 0 radical (unpaired) electrons. The Hall–Kier alpha value is -1.33. The van der Waals surface area contributed by atoms with E-state index in [0.29, 0.717) is 0 Å². The van der Waals surface area contributed by atoms with Gasteiger partial charge in [0.2, 0.25) is 0 Å². The smallest absolute Gasteiger partial charge is 0.394 e. The first-order valence-corrected chi connectivity index (χ1v) is 7.70. The highest BCUT2D eigenvalue weighted by Gasteiger charge is 2.48. The van der Waals surface area contributed by atoms with Gasteiger partial charge in [-0.25, -0.2) is 9.36 Å². The number of rotatable bonds is 4. The second-order valence-corrected chi connectivity index (χ2v) is 5.94. The zero-order chi connectivity index (χ0) is 16.7. The lowest BCUT2D eigenvalue weighted by atomic mass is 10.1. The van der Waals surface area contributed by atoms with Crippen LogP contribution in [0.25, 0.3) is 0 Å². The van der Waals surface area contributed by atoms with Crippen molar-refractivity contribution in [3.8, 4) is 0 Å². The van der Waals surface area contributed by atoms with E-state index in [2.05, 4.69) is 4.52 Å². The molecular formula is C10H16N3O8P. The van der Waals surface area contributed by atoms with Crippen LogP contribution in [0.1, 0.15) is 6.23 Å². The summed E-state index contributed by atoms with van der Waals surface area (Å²) in [7, 11) is -3.58. The Morgan fingerprint density at radius 3 is 2.68 bits per heavy atom. The molecule has 12 heteroatoms. The van der Waals surface area contributed by atoms with Gasteiger partial charge in [0.15, 0.2) is 6.23 Å². The van der Waals surface area contributed by atoms with E-state index in [1.54, 1.807) is 0 Å². The molecule has 2 heterocycles. The summed E-state index contributed by atoms with van der Waals surface area (Å²) in [4.78, 5) is 29.8. The molecule has 0 bridgehead atoms. The van der Waals surface area contributed by atoms with Gasteiger partial charge in [0.1, 0.15) is 23.8 Å². The standard InChI is InChI=1S/C10H16N3O8P/c1-12-6(11)2-3-13(10(12)16)9-7(15)8(5(4-14)20-9)21-22(17,18)19/h2-3,5,7-9,11,14-15H,4H2,1H3,(H2,17,18,19)/t5-,7-,8-,9-/m1/s1. The van der Waals surface area contributed by atoms with Crippen LogP contribution in [0.3, 0.4) is 0 Å². The van der Waals surface area contributed by atoms with E-state index >= 15 is 0 Å². The van der Waals surface area contributed by atoms with Crippen LogP contribution >= 0.6 is 7.82 Å². The van der Waals surface area contributed by atoms with Crippen molar-refractivity contribution in [2.45, 2.75) is 24.5 Å². The minimum Gasteiger partial charge on any atom is -0.394 e. The van der Waals surface area contributed by atoms with E-state index in [0.717, 1.165) is 9.13 Å². The van der Waals surface area contributed by atoms with E-state index in [9.17, 15) is 19.6 Å². The summed E-state index contributed by atoms with van der Waals surface area (Å²) in [5, 5.41) is 26.8. The average Bonchev–Trinajstić information content (AvgIpc) is 2.72. The lowest BCUT2D eigenvalue weighted by Crippen LogP contribution is -2.42. The summed E-state index contributed by atoms with van der Waals surface area (Å²) >= 11 is 0. The monoisotopic (exact) mass is 337 g/mol. The van der Waals surface area contributed by atoms with Crippen molar-refractivity contribution in [1.29, 1.82) is 5.41 Å². The first-order valence-electron chi connectivity index (χ1n) is 6.17. The van der Waals surface area contributed by atoms with Gasteiger partial charge in [0, 0.05) is 13.2 Å². The number of aliphatic hydroxyl groups excluding tert-OH is 2. The zero-order valence-corrected chi connectivity index (χ0v) is 12.3. The Bertz CT molecular complexity index is 709. The molecule has 11 nitrogen and oxygen atoms in total. The third kappa shape index (κ3) is 3.20. The van der Waals surface area contributed by atoms with Crippen molar-refractivity contribution in [1.82, 2.24) is 9.13 Å². The van der Waals surface area contributed by atoms with Crippen LogP contribution in [-0.2, 0) is 20.9 Å². The van der Waals surface area contributed by atoms with Gasteiger partial charge in [0.25, 0.3) is 0 Å². The van der Waals surface area contributed by atoms with Crippen molar-refractivity contribution < 1.29 is 33.8 Å². The van der Waals surface area contributed by atoms with Gasteiger partial charge in [-0.1, -0.05) is 0 Å². The first kappa shape index (κ1) is 17.0. The molecule has 1 aromatic heterocycles. The largest absolute Gasteiger partial charge is 0.470 e. The van der Waals surface area contributed by atoms with E-state index in [1.807, 2.05) is 0 Å². The number of hydrogen-bond donors (Lipinski definition) is 5. The number of nitrogens with one attached hydrogen (secondary N) is 1. The molecule has 0 saturated carbocycles. The molecule has 4 atom stereocenters. The second-order valence-electron chi connectivity index (χ2n) is 4.75. The molecule has 0 spiro atoms. The normalized spacial score (nSPS) is 29.0. The van der Waals surface area contributed by atoms with Crippen LogP contribution in [-0.4, -0.2) is 54.1 Å². The minimum atomic E-state index is -4.92.